The number of pyridine rings is 2. The van der Waals surface area contributed by atoms with E-state index in [0.29, 0.717) is 0 Å². The fourth-order valence-corrected chi connectivity index (χ4v) is 5.83. The number of hydrogen-bond donors (Lipinski definition) is 0. The van der Waals surface area contributed by atoms with E-state index in [4.69, 9.17) is 9.97 Å². The first-order valence-electron chi connectivity index (χ1n) is 9.08. The Labute approximate surface area is 179 Å². The van der Waals surface area contributed by atoms with Gasteiger partial charge in [-0.05, 0) is 58.9 Å². The Bertz CT molecular complexity index is 1320. The van der Waals surface area contributed by atoms with Gasteiger partial charge in [0.1, 0.15) is 10.1 Å². The lowest BCUT2D eigenvalue weighted by molar-refractivity contribution is 1.15. The Morgan fingerprint density at radius 3 is 1.59 bits per heavy atom. The summed E-state index contributed by atoms with van der Waals surface area (Å²) in [5.41, 5.74) is 2.19. The predicted octanol–water partition coefficient (Wildman–Crippen LogP) is 6.59. The molecule has 0 N–H and O–H groups in total. The lowest BCUT2D eigenvalue weighted by Crippen LogP contribution is -1.85. The van der Waals surface area contributed by atoms with Crippen LogP contribution in [0.25, 0.3) is 32.4 Å². The van der Waals surface area contributed by atoms with Crippen molar-refractivity contribution in [2.45, 2.75) is 10.1 Å². The summed E-state index contributed by atoms with van der Waals surface area (Å²) in [6, 6.07) is 20.8. The number of nitrogens with zero attached hydrogens (tertiary/aromatic N) is 4. The van der Waals surface area contributed by atoms with Crippen LogP contribution in [0.4, 0.5) is 0 Å². The van der Waals surface area contributed by atoms with E-state index < -0.39 is 0 Å². The maximum atomic E-state index is 5.00. The normalized spacial score (nSPS) is 11.6. The van der Waals surface area contributed by atoms with Crippen LogP contribution in [-0.2, 0) is 0 Å². The number of rotatable bonds is 4. The van der Waals surface area contributed by atoms with Gasteiger partial charge in [0.25, 0.3) is 0 Å². The van der Waals surface area contributed by atoms with Gasteiger partial charge in [-0.1, -0.05) is 24.3 Å². The van der Waals surface area contributed by atoms with Gasteiger partial charge in [-0.2, -0.15) is 0 Å². The van der Waals surface area contributed by atoms with Gasteiger partial charge in [0.2, 0.25) is 0 Å². The highest BCUT2D eigenvalue weighted by Crippen LogP contribution is 2.38. The van der Waals surface area contributed by atoms with Crippen molar-refractivity contribution in [3.8, 4) is 21.4 Å². The van der Waals surface area contributed by atoms with Crippen LogP contribution in [0.1, 0.15) is 0 Å². The Morgan fingerprint density at radius 1 is 0.621 bits per heavy atom. The number of imidazole rings is 2. The second-order valence-electron chi connectivity index (χ2n) is 6.45. The van der Waals surface area contributed by atoms with Crippen LogP contribution in [0.15, 0.2) is 93.9 Å². The molecule has 0 spiro atoms. The quantitative estimate of drug-likeness (QED) is 0.316. The Kier molecular flexibility index (Phi) is 4.04. The molecule has 6 heterocycles. The van der Waals surface area contributed by atoms with Gasteiger partial charge >= 0.3 is 0 Å². The summed E-state index contributed by atoms with van der Waals surface area (Å²) in [6.45, 7) is 0. The molecule has 0 unspecified atom stereocenters. The first kappa shape index (κ1) is 17.0. The highest BCUT2D eigenvalue weighted by atomic mass is 32.2. The number of aromatic nitrogens is 4. The molecule has 6 rings (SSSR count). The molecule has 0 aliphatic heterocycles. The lowest BCUT2D eigenvalue weighted by atomic mass is 10.4. The summed E-state index contributed by atoms with van der Waals surface area (Å²) in [5, 5.41) is 6.11. The average molecular weight is 431 g/mol. The fraction of sp³-hybridized carbons (Fsp3) is 0. The van der Waals surface area contributed by atoms with Crippen molar-refractivity contribution < 1.29 is 0 Å². The molecule has 7 heteroatoms. The zero-order valence-corrected chi connectivity index (χ0v) is 17.5. The fourth-order valence-electron chi connectivity index (χ4n) is 3.42. The van der Waals surface area contributed by atoms with Crippen molar-refractivity contribution >= 4 is 45.5 Å². The Morgan fingerprint density at radius 2 is 1.14 bits per heavy atom. The molecule has 0 aliphatic carbocycles. The lowest BCUT2D eigenvalue weighted by Gasteiger charge is -1.98. The minimum absolute atomic E-state index is 0.968. The predicted molar refractivity (Wildman–Crippen MR) is 121 cm³/mol. The summed E-state index contributed by atoms with van der Waals surface area (Å²) in [7, 11) is 0. The molecule has 6 aromatic heterocycles. The van der Waals surface area contributed by atoms with Crippen molar-refractivity contribution in [3.05, 3.63) is 83.8 Å². The second kappa shape index (κ2) is 6.88. The molecular formula is C22H14N4S3. The Balaban J connectivity index is 1.52. The van der Waals surface area contributed by atoms with Crippen molar-refractivity contribution in [2.75, 3.05) is 0 Å². The summed E-state index contributed by atoms with van der Waals surface area (Å²) in [5.74, 6) is 1.94. The van der Waals surface area contributed by atoms with Gasteiger partial charge in [0.15, 0.2) is 11.6 Å². The van der Waals surface area contributed by atoms with E-state index in [2.05, 4.69) is 80.5 Å². The molecule has 0 radical (unpaired) electrons. The summed E-state index contributed by atoms with van der Waals surface area (Å²) in [4.78, 5) is 12.3. The molecule has 0 atom stereocenters. The van der Waals surface area contributed by atoms with Gasteiger partial charge in [0, 0.05) is 12.4 Å². The van der Waals surface area contributed by atoms with Crippen LogP contribution in [0, 0.1) is 0 Å². The number of fused-ring (bicyclic) bond motifs is 2. The number of thiophene rings is 2. The smallest absolute Gasteiger partial charge is 0.156 e. The van der Waals surface area contributed by atoms with Crippen LogP contribution in [-0.4, -0.2) is 18.8 Å². The summed E-state index contributed by atoms with van der Waals surface area (Å²) in [6.07, 6.45) is 4.15. The highest BCUT2D eigenvalue weighted by Gasteiger charge is 2.19. The largest absolute Gasteiger partial charge is 0.298 e. The molecule has 140 valence electrons. The molecule has 0 saturated carbocycles. The second-order valence-corrected chi connectivity index (χ2v) is 9.32. The van der Waals surface area contributed by atoms with Gasteiger partial charge in [-0.3, -0.25) is 8.80 Å². The van der Waals surface area contributed by atoms with E-state index >= 15 is 0 Å². The van der Waals surface area contributed by atoms with Gasteiger partial charge in [-0.25, -0.2) is 9.97 Å². The van der Waals surface area contributed by atoms with E-state index in [0.717, 1.165) is 42.5 Å². The van der Waals surface area contributed by atoms with Gasteiger partial charge in [0.05, 0.1) is 20.8 Å². The molecule has 6 aromatic rings. The molecule has 0 fully saturated rings. The van der Waals surface area contributed by atoms with Crippen LogP contribution >= 0.6 is 34.4 Å². The third-order valence-corrected chi connectivity index (χ3v) is 7.42. The summed E-state index contributed by atoms with van der Waals surface area (Å²) < 4.78 is 4.32. The molecule has 0 aliphatic rings. The highest BCUT2D eigenvalue weighted by molar-refractivity contribution is 7.99. The third kappa shape index (κ3) is 2.81. The SMILES string of the molecule is c1csc(-c2nc(Sc3nc(-c4cccs4)n4ccccc34)c3ccccn23)c1. The summed E-state index contributed by atoms with van der Waals surface area (Å²) >= 11 is 5.04. The van der Waals surface area contributed by atoms with Gasteiger partial charge < -0.3 is 0 Å². The van der Waals surface area contributed by atoms with E-state index in [1.807, 2.05) is 12.1 Å². The van der Waals surface area contributed by atoms with Crippen molar-refractivity contribution in [1.82, 2.24) is 18.8 Å². The van der Waals surface area contributed by atoms with E-state index in [1.165, 1.54) is 0 Å². The van der Waals surface area contributed by atoms with Gasteiger partial charge in [-0.15, -0.1) is 22.7 Å². The zero-order chi connectivity index (χ0) is 19.2. The van der Waals surface area contributed by atoms with Crippen LogP contribution in [0.3, 0.4) is 0 Å². The molecule has 0 saturated heterocycles. The first-order chi connectivity index (χ1) is 14.4. The molecule has 0 amide bonds. The molecule has 29 heavy (non-hydrogen) atoms. The van der Waals surface area contributed by atoms with E-state index in [1.54, 1.807) is 34.4 Å². The van der Waals surface area contributed by atoms with E-state index in [-0.39, 0.29) is 0 Å². The molecular weight excluding hydrogens is 416 g/mol. The van der Waals surface area contributed by atoms with Crippen LogP contribution in [0.5, 0.6) is 0 Å². The van der Waals surface area contributed by atoms with Crippen molar-refractivity contribution in [3.63, 3.8) is 0 Å². The number of hydrogen-bond acceptors (Lipinski definition) is 5. The first-order valence-corrected chi connectivity index (χ1v) is 11.7. The van der Waals surface area contributed by atoms with Crippen LogP contribution in [0.2, 0.25) is 0 Å². The van der Waals surface area contributed by atoms with Crippen molar-refractivity contribution in [1.29, 1.82) is 0 Å². The molecule has 0 bridgehead atoms. The minimum Gasteiger partial charge on any atom is -0.298 e. The van der Waals surface area contributed by atoms with Crippen LogP contribution < -0.4 is 0 Å². The monoisotopic (exact) mass is 430 g/mol. The average Bonchev–Trinajstić information content (AvgIpc) is 3.55. The standard InChI is InChI=1S/C22H14N4S3/c1-3-11-25-15(7-1)21(23-19(25)17-9-5-13-27-17)29-22-16-8-2-4-12-26(16)20(24-22)18-10-6-14-28-18/h1-14H. The maximum Gasteiger partial charge on any atom is 0.156 e. The maximum absolute atomic E-state index is 5.00. The molecule has 0 aromatic carbocycles. The molecule has 4 nitrogen and oxygen atoms in total. The zero-order valence-electron chi connectivity index (χ0n) is 15.1. The Hall–Kier alpha value is -2.87. The van der Waals surface area contributed by atoms with E-state index in [9.17, 15) is 0 Å². The topological polar surface area (TPSA) is 34.6 Å². The minimum atomic E-state index is 0.968. The van der Waals surface area contributed by atoms with Crippen molar-refractivity contribution in [2.24, 2.45) is 0 Å². The third-order valence-electron chi connectivity index (χ3n) is 4.71.